The fourth-order valence-corrected chi connectivity index (χ4v) is 1.77. The van der Waals surface area contributed by atoms with Gasteiger partial charge in [0.25, 0.3) is 0 Å². The minimum atomic E-state index is 0.686. The normalized spacial score (nSPS) is 12.1. The summed E-state index contributed by atoms with van der Waals surface area (Å²) in [5, 5.41) is 11.6. The van der Waals surface area contributed by atoms with Crippen LogP contribution < -0.4 is 0 Å². The van der Waals surface area contributed by atoms with E-state index in [1.807, 2.05) is 6.07 Å². The summed E-state index contributed by atoms with van der Waals surface area (Å²) in [7, 11) is 0. The molecule has 0 aliphatic heterocycles. The second kappa shape index (κ2) is 3.05. The standard InChI is InChI=1S/C8H11NOS/c1-5-4-8(6(2)9-10)11-7(5)3/h4,10H,1-3H3. The zero-order valence-electron chi connectivity index (χ0n) is 6.88. The van der Waals surface area contributed by atoms with Crippen molar-refractivity contribution in [3.05, 3.63) is 21.4 Å². The van der Waals surface area contributed by atoms with Gasteiger partial charge in [0.05, 0.1) is 10.6 Å². The quantitative estimate of drug-likeness (QED) is 0.391. The highest BCUT2D eigenvalue weighted by Gasteiger charge is 2.03. The molecule has 0 saturated carbocycles. The fourth-order valence-electron chi connectivity index (χ4n) is 0.801. The van der Waals surface area contributed by atoms with Crippen molar-refractivity contribution in [2.24, 2.45) is 5.16 Å². The van der Waals surface area contributed by atoms with Crippen molar-refractivity contribution in [3.63, 3.8) is 0 Å². The van der Waals surface area contributed by atoms with E-state index in [4.69, 9.17) is 5.21 Å². The van der Waals surface area contributed by atoms with Crippen LogP contribution >= 0.6 is 11.3 Å². The van der Waals surface area contributed by atoms with Crippen LogP contribution in [-0.2, 0) is 0 Å². The Labute approximate surface area is 70.2 Å². The maximum atomic E-state index is 8.48. The van der Waals surface area contributed by atoms with Crippen molar-refractivity contribution in [1.29, 1.82) is 0 Å². The Morgan fingerprint density at radius 1 is 1.55 bits per heavy atom. The highest BCUT2D eigenvalue weighted by Crippen LogP contribution is 2.20. The van der Waals surface area contributed by atoms with Gasteiger partial charge in [-0.05, 0) is 32.4 Å². The molecule has 3 heteroatoms. The summed E-state index contributed by atoms with van der Waals surface area (Å²) in [5.41, 5.74) is 1.94. The fraction of sp³-hybridized carbons (Fsp3) is 0.375. The minimum Gasteiger partial charge on any atom is -0.411 e. The van der Waals surface area contributed by atoms with Gasteiger partial charge in [-0.15, -0.1) is 11.3 Å². The van der Waals surface area contributed by atoms with Gasteiger partial charge in [-0.2, -0.15) is 0 Å². The van der Waals surface area contributed by atoms with E-state index in [9.17, 15) is 0 Å². The van der Waals surface area contributed by atoms with Crippen LogP contribution in [0.4, 0.5) is 0 Å². The highest BCUT2D eigenvalue weighted by atomic mass is 32.1. The number of hydrogen-bond donors (Lipinski definition) is 1. The molecule has 11 heavy (non-hydrogen) atoms. The summed E-state index contributed by atoms with van der Waals surface area (Å²) in [4.78, 5) is 2.32. The predicted octanol–water partition coefficient (Wildman–Crippen LogP) is 2.56. The van der Waals surface area contributed by atoms with E-state index in [0.29, 0.717) is 5.71 Å². The Kier molecular flexibility index (Phi) is 2.29. The van der Waals surface area contributed by atoms with Gasteiger partial charge in [0.2, 0.25) is 0 Å². The average Bonchev–Trinajstić information content (AvgIpc) is 2.31. The van der Waals surface area contributed by atoms with Gasteiger partial charge in [0, 0.05) is 4.88 Å². The van der Waals surface area contributed by atoms with Gasteiger partial charge in [0.1, 0.15) is 0 Å². The number of oxime groups is 1. The molecule has 0 atom stereocenters. The third kappa shape index (κ3) is 1.60. The zero-order valence-corrected chi connectivity index (χ0v) is 7.70. The minimum absolute atomic E-state index is 0.686. The van der Waals surface area contributed by atoms with Crippen LogP contribution in [0.2, 0.25) is 0 Å². The van der Waals surface area contributed by atoms with Gasteiger partial charge in [-0.25, -0.2) is 0 Å². The lowest BCUT2D eigenvalue weighted by Gasteiger charge is -1.88. The van der Waals surface area contributed by atoms with Crippen LogP contribution in [0.15, 0.2) is 11.2 Å². The first kappa shape index (κ1) is 8.27. The van der Waals surface area contributed by atoms with E-state index >= 15 is 0 Å². The van der Waals surface area contributed by atoms with E-state index in [1.54, 1.807) is 18.3 Å². The molecule has 0 fully saturated rings. The molecular weight excluding hydrogens is 158 g/mol. The Morgan fingerprint density at radius 3 is 2.55 bits per heavy atom. The summed E-state index contributed by atoms with van der Waals surface area (Å²) in [6.45, 7) is 5.92. The van der Waals surface area contributed by atoms with Crippen molar-refractivity contribution in [2.75, 3.05) is 0 Å². The lowest BCUT2D eigenvalue weighted by atomic mass is 10.2. The van der Waals surface area contributed by atoms with Gasteiger partial charge in [-0.1, -0.05) is 5.16 Å². The van der Waals surface area contributed by atoms with Crippen LogP contribution in [0, 0.1) is 13.8 Å². The van der Waals surface area contributed by atoms with Crippen LogP contribution in [0.3, 0.4) is 0 Å². The van der Waals surface area contributed by atoms with E-state index in [-0.39, 0.29) is 0 Å². The molecular formula is C8H11NOS. The Bertz CT molecular complexity index is 269. The van der Waals surface area contributed by atoms with E-state index in [1.165, 1.54) is 10.4 Å². The summed E-state index contributed by atoms with van der Waals surface area (Å²) in [6.07, 6.45) is 0. The first-order valence-corrected chi connectivity index (χ1v) is 4.23. The van der Waals surface area contributed by atoms with Crippen LogP contribution in [0.1, 0.15) is 22.2 Å². The maximum Gasteiger partial charge on any atom is 0.0936 e. The monoisotopic (exact) mass is 169 g/mol. The van der Waals surface area contributed by atoms with Gasteiger partial charge in [-0.3, -0.25) is 0 Å². The number of nitrogens with zero attached hydrogens (tertiary/aromatic N) is 1. The molecule has 60 valence electrons. The van der Waals surface area contributed by atoms with Crippen molar-refractivity contribution >= 4 is 17.0 Å². The number of rotatable bonds is 1. The molecule has 2 nitrogen and oxygen atoms in total. The topological polar surface area (TPSA) is 32.6 Å². The first-order chi connectivity index (χ1) is 5.15. The van der Waals surface area contributed by atoms with Crippen molar-refractivity contribution in [2.45, 2.75) is 20.8 Å². The molecule has 0 amide bonds. The zero-order chi connectivity index (χ0) is 8.43. The molecule has 1 aromatic heterocycles. The summed E-state index contributed by atoms with van der Waals surface area (Å²) < 4.78 is 0. The molecule has 0 aromatic carbocycles. The largest absolute Gasteiger partial charge is 0.411 e. The third-order valence-electron chi connectivity index (χ3n) is 1.67. The van der Waals surface area contributed by atoms with Crippen molar-refractivity contribution in [3.8, 4) is 0 Å². The Balaban J connectivity index is 3.07. The van der Waals surface area contributed by atoms with Crippen molar-refractivity contribution < 1.29 is 5.21 Å². The third-order valence-corrected chi connectivity index (χ3v) is 2.93. The summed E-state index contributed by atoms with van der Waals surface area (Å²) in [6, 6.07) is 2.04. The Morgan fingerprint density at radius 2 is 2.18 bits per heavy atom. The highest BCUT2D eigenvalue weighted by molar-refractivity contribution is 7.14. The molecule has 0 saturated heterocycles. The predicted molar refractivity (Wildman–Crippen MR) is 47.8 cm³/mol. The molecule has 0 spiro atoms. The molecule has 1 aromatic rings. The average molecular weight is 169 g/mol. The lowest BCUT2D eigenvalue weighted by molar-refractivity contribution is 0.319. The molecule has 0 radical (unpaired) electrons. The first-order valence-electron chi connectivity index (χ1n) is 3.41. The molecule has 0 aliphatic carbocycles. The van der Waals surface area contributed by atoms with Crippen LogP contribution in [-0.4, -0.2) is 10.9 Å². The van der Waals surface area contributed by atoms with E-state index in [2.05, 4.69) is 19.0 Å². The second-order valence-corrected chi connectivity index (χ2v) is 3.79. The molecule has 0 bridgehead atoms. The molecule has 1 N–H and O–H groups in total. The molecule has 0 unspecified atom stereocenters. The molecule has 1 heterocycles. The smallest absolute Gasteiger partial charge is 0.0936 e. The SMILES string of the molecule is CC(=NO)c1cc(C)c(C)s1. The number of aryl methyl sites for hydroxylation is 2. The van der Waals surface area contributed by atoms with Crippen molar-refractivity contribution in [1.82, 2.24) is 0 Å². The van der Waals surface area contributed by atoms with E-state index in [0.717, 1.165) is 4.88 Å². The van der Waals surface area contributed by atoms with Gasteiger partial charge in [0.15, 0.2) is 0 Å². The number of thiophene rings is 1. The molecule has 1 rings (SSSR count). The van der Waals surface area contributed by atoms with Crippen LogP contribution in [0.5, 0.6) is 0 Å². The van der Waals surface area contributed by atoms with Gasteiger partial charge < -0.3 is 5.21 Å². The van der Waals surface area contributed by atoms with Gasteiger partial charge >= 0.3 is 0 Å². The summed E-state index contributed by atoms with van der Waals surface area (Å²) in [5.74, 6) is 0. The molecule has 0 aliphatic rings. The Hall–Kier alpha value is -0.830. The van der Waals surface area contributed by atoms with E-state index < -0.39 is 0 Å². The number of hydrogen-bond acceptors (Lipinski definition) is 3. The summed E-state index contributed by atoms with van der Waals surface area (Å²) >= 11 is 1.66. The lowest BCUT2D eigenvalue weighted by Crippen LogP contribution is -1.88. The van der Waals surface area contributed by atoms with Crippen LogP contribution in [0.25, 0.3) is 0 Å². The second-order valence-electron chi connectivity index (χ2n) is 2.54. The maximum absolute atomic E-state index is 8.48.